The fourth-order valence-corrected chi connectivity index (χ4v) is 10.1. The molecule has 2 heterocycles. The predicted octanol–water partition coefficient (Wildman–Crippen LogP) is 13.7. The van der Waals surface area contributed by atoms with E-state index in [2.05, 4.69) is 193 Å². The molecule has 0 N–H and O–H groups in total. The van der Waals surface area contributed by atoms with Crippen LogP contribution >= 0.6 is 11.3 Å². The first-order chi connectivity index (χ1) is 25.8. The largest absolute Gasteiger partial charge is 0.457 e. The number of thiophene rings is 1. The van der Waals surface area contributed by atoms with Gasteiger partial charge in [0.1, 0.15) is 11.5 Å². The lowest BCUT2D eigenvalue weighted by Gasteiger charge is -2.41. The molecule has 1 aliphatic carbocycles. The van der Waals surface area contributed by atoms with Crippen LogP contribution in [0.2, 0.25) is 0 Å². The molecule has 2 nitrogen and oxygen atoms in total. The normalized spacial score (nSPS) is 13.3. The molecule has 244 valence electrons. The number of anilines is 3. The van der Waals surface area contributed by atoms with Gasteiger partial charge in [-0.3, -0.25) is 0 Å². The zero-order chi connectivity index (χ0) is 34.2. The Morgan fingerprint density at radius 3 is 1.79 bits per heavy atom. The summed E-state index contributed by atoms with van der Waals surface area (Å²) in [4.78, 5) is 2.44. The third-order valence-corrected chi connectivity index (χ3v) is 12.2. The summed E-state index contributed by atoms with van der Waals surface area (Å²) in [5.74, 6) is 1.79. The van der Waals surface area contributed by atoms with Crippen molar-refractivity contribution >= 4 is 48.6 Å². The lowest BCUT2D eigenvalue weighted by atomic mass is 9.65. The van der Waals surface area contributed by atoms with E-state index < -0.39 is 5.41 Å². The molecule has 3 heteroatoms. The van der Waals surface area contributed by atoms with E-state index in [0.29, 0.717) is 0 Å². The maximum absolute atomic E-state index is 6.66. The van der Waals surface area contributed by atoms with Crippen LogP contribution in [-0.4, -0.2) is 0 Å². The Morgan fingerprint density at radius 2 is 1.00 bits per heavy atom. The molecule has 0 fully saturated rings. The highest BCUT2D eigenvalue weighted by molar-refractivity contribution is 7.26. The molecule has 0 unspecified atom stereocenters. The number of ether oxygens (including phenoxy) is 1. The van der Waals surface area contributed by atoms with Crippen molar-refractivity contribution in [2.75, 3.05) is 4.90 Å². The molecular weight excluding hydrogens is 651 g/mol. The zero-order valence-electron chi connectivity index (χ0n) is 28.2. The maximum Gasteiger partial charge on any atom is 0.132 e. The molecule has 0 bridgehead atoms. The van der Waals surface area contributed by atoms with E-state index in [1.54, 1.807) is 0 Å². The highest BCUT2D eigenvalue weighted by atomic mass is 32.1. The summed E-state index contributed by atoms with van der Waals surface area (Å²) in [6.45, 7) is 0. The van der Waals surface area contributed by atoms with Crippen molar-refractivity contribution in [3.63, 3.8) is 0 Å². The van der Waals surface area contributed by atoms with Gasteiger partial charge in [-0.25, -0.2) is 0 Å². The van der Waals surface area contributed by atoms with E-state index in [9.17, 15) is 0 Å². The van der Waals surface area contributed by atoms with Crippen LogP contribution in [0.3, 0.4) is 0 Å². The quantitative estimate of drug-likeness (QED) is 0.183. The van der Waals surface area contributed by atoms with Gasteiger partial charge in [0.05, 0.1) is 11.1 Å². The van der Waals surface area contributed by atoms with Crippen molar-refractivity contribution in [3.8, 4) is 33.8 Å². The Balaban J connectivity index is 1.16. The summed E-state index contributed by atoms with van der Waals surface area (Å²) in [5.41, 5.74) is 12.6. The van der Waals surface area contributed by atoms with Crippen LogP contribution in [0.5, 0.6) is 11.5 Å². The molecule has 8 aromatic carbocycles. The van der Waals surface area contributed by atoms with E-state index in [0.717, 1.165) is 39.7 Å². The fourth-order valence-electron chi connectivity index (χ4n) is 8.85. The first-order valence-corrected chi connectivity index (χ1v) is 18.6. The van der Waals surface area contributed by atoms with Crippen LogP contribution in [0.15, 0.2) is 188 Å². The molecule has 0 saturated carbocycles. The third-order valence-electron chi connectivity index (χ3n) is 10.9. The molecule has 0 saturated heterocycles. The number of para-hydroxylation sites is 3. The highest BCUT2D eigenvalue weighted by Crippen LogP contribution is 2.64. The first kappa shape index (κ1) is 29.3. The van der Waals surface area contributed by atoms with Crippen molar-refractivity contribution < 1.29 is 4.74 Å². The minimum Gasteiger partial charge on any atom is -0.457 e. The highest BCUT2D eigenvalue weighted by Gasteiger charge is 2.52. The van der Waals surface area contributed by atoms with E-state index in [4.69, 9.17) is 4.74 Å². The van der Waals surface area contributed by atoms with Gasteiger partial charge in [-0.1, -0.05) is 140 Å². The summed E-state index contributed by atoms with van der Waals surface area (Å²) in [6.07, 6.45) is 0. The standard InChI is InChI=1S/C49H31NOS/c1-2-14-33(15-3-1)50(34-30-28-32(29-31-34)35-18-12-20-39-37-17-5-11-27-46(37)52-48(35)39)43-24-13-19-38-36-16-4-6-21-40(36)49(47(38)43)41-22-7-9-25-44(41)51-45-26-10-8-23-42(45)49/h1-31H. The molecule has 52 heavy (non-hydrogen) atoms. The van der Waals surface area contributed by atoms with Gasteiger partial charge in [-0.2, -0.15) is 0 Å². The van der Waals surface area contributed by atoms with Gasteiger partial charge in [-0.15, -0.1) is 11.3 Å². The van der Waals surface area contributed by atoms with Crippen LogP contribution in [0, 0.1) is 0 Å². The number of fused-ring (bicyclic) bond motifs is 12. The smallest absolute Gasteiger partial charge is 0.132 e. The van der Waals surface area contributed by atoms with E-state index >= 15 is 0 Å². The number of benzene rings is 8. The van der Waals surface area contributed by atoms with Crippen LogP contribution < -0.4 is 9.64 Å². The van der Waals surface area contributed by atoms with Crippen LogP contribution in [0.1, 0.15) is 22.3 Å². The molecule has 0 amide bonds. The molecule has 1 aliphatic heterocycles. The van der Waals surface area contributed by atoms with E-state index in [1.807, 2.05) is 11.3 Å². The van der Waals surface area contributed by atoms with Crippen molar-refractivity contribution in [3.05, 3.63) is 210 Å². The first-order valence-electron chi connectivity index (χ1n) is 17.8. The Hall–Kier alpha value is -6.42. The van der Waals surface area contributed by atoms with Gasteiger partial charge in [0.25, 0.3) is 0 Å². The number of hydrogen-bond donors (Lipinski definition) is 0. The van der Waals surface area contributed by atoms with Crippen LogP contribution in [0.25, 0.3) is 42.4 Å². The molecule has 9 aromatic rings. The number of rotatable bonds is 4. The lowest BCUT2D eigenvalue weighted by molar-refractivity contribution is 0.436. The Kier molecular flexibility index (Phi) is 6.37. The molecule has 2 aliphatic rings. The van der Waals surface area contributed by atoms with E-state index in [-0.39, 0.29) is 0 Å². The van der Waals surface area contributed by atoms with Gasteiger partial charge in [-0.05, 0) is 76.3 Å². The van der Waals surface area contributed by atoms with Crippen molar-refractivity contribution in [1.82, 2.24) is 0 Å². The molecule has 11 rings (SSSR count). The second-order valence-corrected chi connectivity index (χ2v) is 14.6. The minimum absolute atomic E-state index is 0.586. The second kappa shape index (κ2) is 11.3. The van der Waals surface area contributed by atoms with Crippen molar-refractivity contribution in [2.45, 2.75) is 5.41 Å². The summed E-state index contributed by atoms with van der Waals surface area (Å²) < 4.78 is 9.30. The number of hydrogen-bond acceptors (Lipinski definition) is 3. The maximum atomic E-state index is 6.66. The zero-order valence-corrected chi connectivity index (χ0v) is 29.0. The Morgan fingerprint density at radius 1 is 0.423 bits per heavy atom. The molecule has 1 spiro atoms. The van der Waals surface area contributed by atoms with Crippen LogP contribution in [0.4, 0.5) is 17.1 Å². The summed E-state index contributed by atoms with van der Waals surface area (Å²) in [7, 11) is 0. The fraction of sp³-hybridized carbons (Fsp3) is 0.0204. The topological polar surface area (TPSA) is 12.5 Å². The molecule has 0 radical (unpaired) electrons. The average Bonchev–Trinajstić information content (AvgIpc) is 3.74. The monoisotopic (exact) mass is 681 g/mol. The molecule has 0 atom stereocenters. The minimum atomic E-state index is -0.586. The molecular formula is C49H31NOS. The summed E-state index contributed by atoms with van der Waals surface area (Å²) >= 11 is 1.88. The lowest BCUT2D eigenvalue weighted by Crippen LogP contribution is -2.33. The Bertz CT molecular complexity index is 2790. The van der Waals surface area contributed by atoms with Gasteiger partial charge >= 0.3 is 0 Å². The van der Waals surface area contributed by atoms with Crippen LogP contribution in [-0.2, 0) is 5.41 Å². The van der Waals surface area contributed by atoms with Gasteiger partial charge in [0.2, 0.25) is 0 Å². The van der Waals surface area contributed by atoms with Gasteiger partial charge in [0, 0.05) is 48.2 Å². The van der Waals surface area contributed by atoms with Gasteiger partial charge < -0.3 is 9.64 Å². The molecule has 1 aromatic heterocycles. The Labute approximate surface area is 306 Å². The third kappa shape index (κ3) is 4.06. The van der Waals surface area contributed by atoms with E-state index in [1.165, 1.54) is 53.6 Å². The average molecular weight is 682 g/mol. The second-order valence-electron chi connectivity index (χ2n) is 13.6. The van der Waals surface area contributed by atoms with Crippen molar-refractivity contribution in [2.24, 2.45) is 0 Å². The number of nitrogens with zero attached hydrogens (tertiary/aromatic N) is 1. The van der Waals surface area contributed by atoms with Gasteiger partial charge in [0.15, 0.2) is 0 Å². The SMILES string of the molecule is c1ccc(N(c2ccc(-c3cccc4c3sc3ccccc34)cc2)c2cccc3c2C2(c4ccccc4Oc4ccccc42)c2ccccc2-3)cc1. The summed E-state index contributed by atoms with van der Waals surface area (Å²) in [6, 6.07) is 68.3. The summed E-state index contributed by atoms with van der Waals surface area (Å²) in [5, 5.41) is 2.63. The van der Waals surface area contributed by atoms with Crippen molar-refractivity contribution in [1.29, 1.82) is 0 Å². The predicted molar refractivity (Wildman–Crippen MR) is 217 cm³/mol.